The minimum Gasteiger partial charge on any atom is -0.384 e. The third kappa shape index (κ3) is 2.15. The van der Waals surface area contributed by atoms with Crippen molar-refractivity contribution in [1.82, 2.24) is 0 Å². The SMILES string of the molecule is C=C1CC[C@@]2(COC)[C@@H](CC[C@@H]3[C@@H]2CC[C@]2(C)C(=C)CC[C@@H]32)C1. The van der Waals surface area contributed by atoms with E-state index in [0.717, 1.165) is 30.3 Å². The Morgan fingerprint density at radius 3 is 2.65 bits per heavy atom. The van der Waals surface area contributed by atoms with Crippen LogP contribution in [0.3, 0.4) is 0 Å². The summed E-state index contributed by atoms with van der Waals surface area (Å²) >= 11 is 0. The van der Waals surface area contributed by atoms with Gasteiger partial charge in [0.05, 0.1) is 6.61 Å². The standard InChI is InChI=1S/C22H34O/c1-15-9-12-22(14-23-4)17(13-15)6-7-18-19-8-5-16(2)21(19,3)11-10-20(18)22/h17-20H,1-2,5-14H2,3-4H3/t17-,18-,19-,20-,21+,22+/m0/s1. The molecule has 0 amide bonds. The minimum atomic E-state index is 0.445. The fraction of sp³-hybridized carbons (Fsp3) is 0.818. The van der Waals surface area contributed by atoms with Gasteiger partial charge in [-0.05, 0) is 86.9 Å². The molecule has 0 N–H and O–H groups in total. The second kappa shape index (κ2) is 5.48. The van der Waals surface area contributed by atoms with Crippen LogP contribution < -0.4 is 0 Å². The Morgan fingerprint density at radius 1 is 1.04 bits per heavy atom. The summed E-state index contributed by atoms with van der Waals surface area (Å²) in [6, 6.07) is 0. The summed E-state index contributed by atoms with van der Waals surface area (Å²) in [7, 11) is 1.92. The van der Waals surface area contributed by atoms with Crippen molar-refractivity contribution in [2.24, 2.45) is 34.5 Å². The molecule has 6 atom stereocenters. The van der Waals surface area contributed by atoms with E-state index >= 15 is 0 Å². The monoisotopic (exact) mass is 314 g/mol. The van der Waals surface area contributed by atoms with Gasteiger partial charge in [0.2, 0.25) is 0 Å². The van der Waals surface area contributed by atoms with Crippen molar-refractivity contribution in [2.45, 2.75) is 64.7 Å². The maximum absolute atomic E-state index is 5.84. The van der Waals surface area contributed by atoms with Gasteiger partial charge in [0, 0.05) is 12.5 Å². The maximum atomic E-state index is 5.84. The number of fused-ring (bicyclic) bond motifs is 5. The first-order valence-corrected chi connectivity index (χ1v) is 9.85. The molecular formula is C22H34O. The number of hydrogen-bond acceptors (Lipinski definition) is 1. The van der Waals surface area contributed by atoms with E-state index in [-0.39, 0.29) is 0 Å². The molecular weight excluding hydrogens is 280 g/mol. The zero-order valence-corrected chi connectivity index (χ0v) is 15.2. The second-order valence-corrected chi connectivity index (χ2v) is 9.37. The third-order valence-electron chi connectivity index (χ3n) is 8.68. The van der Waals surface area contributed by atoms with E-state index in [1.165, 1.54) is 63.4 Å². The van der Waals surface area contributed by atoms with Crippen molar-refractivity contribution in [2.75, 3.05) is 13.7 Å². The van der Waals surface area contributed by atoms with Crippen molar-refractivity contribution in [1.29, 1.82) is 0 Å². The van der Waals surface area contributed by atoms with Crippen LogP contribution in [-0.2, 0) is 4.74 Å². The molecule has 0 unspecified atom stereocenters. The number of methoxy groups -OCH3 is 1. The van der Waals surface area contributed by atoms with Crippen LogP contribution in [0.25, 0.3) is 0 Å². The van der Waals surface area contributed by atoms with E-state index in [9.17, 15) is 0 Å². The predicted octanol–water partition coefficient (Wildman–Crippen LogP) is 5.77. The van der Waals surface area contributed by atoms with Crippen molar-refractivity contribution in [3.63, 3.8) is 0 Å². The topological polar surface area (TPSA) is 9.23 Å². The Kier molecular flexibility index (Phi) is 3.80. The molecule has 4 fully saturated rings. The molecule has 4 aliphatic carbocycles. The van der Waals surface area contributed by atoms with Gasteiger partial charge in [-0.15, -0.1) is 0 Å². The number of allylic oxidation sites excluding steroid dienone is 2. The lowest BCUT2D eigenvalue weighted by Gasteiger charge is -2.61. The second-order valence-electron chi connectivity index (χ2n) is 9.37. The lowest BCUT2D eigenvalue weighted by Crippen LogP contribution is -2.55. The Labute approximate surface area is 142 Å². The van der Waals surface area contributed by atoms with Gasteiger partial charge in [-0.1, -0.05) is 31.2 Å². The zero-order valence-electron chi connectivity index (χ0n) is 15.2. The minimum absolute atomic E-state index is 0.445. The fourth-order valence-electron chi connectivity index (χ4n) is 7.42. The normalized spacial score (nSPS) is 49.5. The smallest absolute Gasteiger partial charge is 0.0524 e. The summed E-state index contributed by atoms with van der Waals surface area (Å²) in [4.78, 5) is 0. The maximum Gasteiger partial charge on any atom is 0.0524 e. The summed E-state index contributed by atoms with van der Waals surface area (Å²) in [6.45, 7) is 12.3. The van der Waals surface area contributed by atoms with Gasteiger partial charge in [0.15, 0.2) is 0 Å². The largest absolute Gasteiger partial charge is 0.384 e. The van der Waals surface area contributed by atoms with Crippen LogP contribution in [0, 0.1) is 34.5 Å². The van der Waals surface area contributed by atoms with E-state index in [2.05, 4.69) is 20.1 Å². The Bertz CT molecular complexity index is 520. The fourth-order valence-corrected chi connectivity index (χ4v) is 7.42. The molecule has 4 saturated carbocycles. The lowest BCUT2D eigenvalue weighted by molar-refractivity contribution is -0.130. The zero-order chi connectivity index (χ0) is 16.2. The number of hydrogen-bond donors (Lipinski definition) is 0. The van der Waals surface area contributed by atoms with Gasteiger partial charge in [-0.3, -0.25) is 0 Å². The molecule has 0 aromatic carbocycles. The lowest BCUT2D eigenvalue weighted by atomic mass is 9.44. The van der Waals surface area contributed by atoms with E-state index in [0.29, 0.717) is 10.8 Å². The molecule has 128 valence electrons. The first kappa shape index (κ1) is 15.9. The van der Waals surface area contributed by atoms with Gasteiger partial charge in [-0.2, -0.15) is 0 Å². The van der Waals surface area contributed by atoms with Crippen LogP contribution in [-0.4, -0.2) is 13.7 Å². The van der Waals surface area contributed by atoms with Crippen LogP contribution in [0.2, 0.25) is 0 Å². The van der Waals surface area contributed by atoms with Gasteiger partial charge in [0.1, 0.15) is 0 Å². The van der Waals surface area contributed by atoms with Gasteiger partial charge >= 0.3 is 0 Å². The highest BCUT2D eigenvalue weighted by atomic mass is 16.5. The predicted molar refractivity (Wildman–Crippen MR) is 96.2 cm³/mol. The van der Waals surface area contributed by atoms with E-state index in [1.54, 1.807) is 5.57 Å². The van der Waals surface area contributed by atoms with Crippen molar-refractivity contribution < 1.29 is 4.74 Å². The summed E-state index contributed by atoms with van der Waals surface area (Å²) in [5.41, 5.74) is 3.95. The summed E-state index contributed by atoms with van der Waals surface area (Å²) in [5.74, 6) is 3.54. The van der Waals surface area contributed by atoms with Crippen LogP contribution >= 0.6 is 0 Å². The molecule has 0 radical (unpaired) electrons. The molecule has 0 aliphatic heterocycles. The van der Waals surface area contributed by atoms with Gasteiger partial charge in [0.25, 0.3) is 0 Å². The van der Waals surface area contributed by atoms with Crippen LogP contribution in [0.4, 0.5) is 0 Å². The van der Waals surface area contributed by atoms with Crippen LogP contribution in [0.15, 0.2) is 24.3 Å². The van der Waals surface area contributed by atoms with Gasteiger partial charge < -0.3 is 4.74 Å². The molecule has 0 aromatic heterocycles. The van der Waals surface area contributed by atoms with Gasteiger partial charge in [-0.25, -0.2) is 0 Å². The van der Waals surface area contributed by atoms with E-state index in [4.69, 9.17) is 4.74 Å². The molecule has 0 heterocycles. The first-order valence-electron chi connectivity index (χ1n) is 9.85. The van der Waals surface area contributed by atoms with Crippen molar-refractivity contribution in [3.8, 4) is 0 Å². The molecule has 0 aromatic rings. The van der Waals surface area contributed by atoms with E-state index in [1.807, 2.05) is 7.11 Å². The highest BCUT2D eigenvalue weighted by Crippen LogP contribution is 2.67. The molecule has 4 rings (SSSR count). The molecule has 0 spiro atoms. The average Bonchev–Trinajstić information content (AvgIpc) is 2.84. The quantitative estimate of drug-likeness (QED) is 0.588. The molecule has 1 heteroatoms. The molecule has 0 saturated heterocycles. The number of ether oxygens (including phenoxy) is 1. The molecule has 0 bridgehead atoms. The number of rotatable bonds is 2. The van der Waals surface area contributed by atoms with Crippen molar-refractivity contribution >= 4 is 0 Å². The highest BCUT2D eigenvalue weighted by molar-refractivity contribution is 5.22. The van der Waals surface area contributed by atoms with E-state index < -0.39 is 0 Å². The summed E-state index contributed by atoms with van der Waals surface area (Å²) in [6.07, 6.45) is 12.1. The molecule has 23 heavy (non-hydrogen) atoms. The summed E-state index contributed by atoms with van der Waals surface area (Å²) < 4.78 is 5.84. The molecule has 1 nitrogen and oxygen atoms in total. The summed E-state index contributed by atoms with van der Waals surface area (Å²) in [5, 5.41) is 0. The molecule has 4 aliphatic rings. The Hall–Kier alpha value is -0.560. The Balaban J connectivity index is 1.68. The Morgan fingerprint density at radius 2 is 1.87 bits per heavy atom. The highest BCUT2D eigenvalue weighted by Gasteiger charge is 2.59. The van der Waals surface area contributed by atoms with Crippen LogP contribution in [0.5, 0.6) is 0 Å². The first-order chi connectivity index (χ1) is 11.0. The third-order valence-corrected chi connectivity index (χ3v) is 8.68. The van der Waals surface area contributed by atoms with Crippen LogP contribution in [0.1, 0.15) is 64.7 Å². The van der Waals surface area contributed by atoms with Crippen molar-refractivity contribution in [3.05, 3.63) is 24.3 Å². The average molecular weight is 315 g/mol.